The second kappa shape index (κ2) is 13.1. The summed E-state index contributed by atoms with van der Waals surface area (Å²) < 4.78 is 38.1. The standard InChI is InChI=1S/C24H39N3O6S/c1-6-25-15-10-11-20(25)18-26(16-14-23(28)33-9-4)24(29)19-12-13-21(32-5)22(17-19)34(30,31)27(7-2)8-3/h12-13,17,20H,6-11,14-16,18H2,1-5H3. The summed E-state index contributed by atoms with van der Waals surface area (Å²) in [5, 5.41) is 0. The van der Waals surface area contributed by atoms with Crippen LogP contribution in [0.2, 0.25) is 0 Å². The van der Waals surface area contributed by atoms with Gasteiger partial charge in [-0.15, -0.1) is 0 Å². The Bertz CT molecular complexity index is 933. The van der Waals surface area contributed by atoms with E-state index in [2.05, 4.69) is 11.8 Å². The van der Waals surface area contributed by atoms with Crippen LogP contribution in [0.5, 0.6) is 5.75 Å². The summed E-state index contributed by atoms with van der Waals surface area (Å²) in [5.74, 6) is -0.487. The van der Waals surface area contributed by atoms with Crippen LogP contribution in [0.1, 0.15) is 57.3 Å². The molecular weight excluding hydrogens is 458 g/mol. The van der Waals surface area contributed by atoms with Crippen molar-refractivity contribution in [3.63, 3.8) is 0 Å². The number of ether oxygens (including phenoxy) is 2. The Hall–Kier alpha value is -2.17. The predicted octanol–water partition coefficient (Wildman–Crippen LogP) is 2.61. The molecule has 1 amide bonds. The van der Waals surface area contributed by atoms with Crippen LogP contribution in [0, 0.1) is 0 Å². The maximum atomic E-state index is 13.6. The van der Waals surface area contributed by atoms with Gasteiger partial charge in [0.15, 0.2) is 0 Å². The molecule has 1 aliphatic rings. The molecule has 0 aromatic heterocycles. The first-order valence-electron chi connectivity index (χ1n) is 12.1. The van der Waals surface area contributed by atoms with Gasteiger partial charge >= 0.3 is 5.97 Å². The maximum Gasteiger partial charge on any atom is 0.307 e. The van der Waals surface area contributed by atoms with Crippen molar-refractivity contribution in [2.75, 3.05) is 53.0 Å². The number of hydrogen-bond acceptors (Lipinski definition) is 7. The molecule has 10 heteroatoms. The minimum absolute atomic E-state index is 0.0362. The van der Waals surface area contributed by atoms with E-state index in [-0.39, 0.29) is 53.7 Å². The number of rotatable bonds is 13. The molecule has 0 radical (unpaired) electrons. The number of nitrogens with zero attached hydrogens (tertiary/aromatic N) is 3. The van der Waals surface area contributed by atoms with Crippen molar-refractivity contribution in [2.45, 2.75) is 57.9 Å². The Balaban J connectivity index is 2.39. The van der Waals surface area contributed by atoms with Gasteiger partial charge in [0.1, 0.15) is 10.6 Å². The zero-order valence-corrected chi connectivity index (χ0v) is 21.9. The van der Waals surface area contributed by atoms with Crippen LogP contribution >= 0.6 is 0 Å². The van der Waals surface area contributed by atoms with Crippen molar-refractivity contribution >= 4 is 21.9 Å². The van der Waals surface area contributed by atoms with Gasteiger partial charge in [-0.05, 0) is 51.1 Å². The Labute approximate surface area is 204 Å². The van der Waals surface area contributed by atoms with Gasteiger partial charge in [0.05, 0.1) is 20.1 Å². The molecule has 1 aliphatic heterocycles. The summed E-state index contributed by atoms with van der Waals surface area (Å²) in [5.41, 5.74) is 0.247. The highest BCUT2D eigenvalue weighted by atomic mass is 32.2. The van der Waals surface area contributed by atoms with E-state index in [4.69, 9.17) is 9.47 Å². The molecule has 1 aromatic rings. The minimum atomic E-state index is -3.84. The molecular formula is C24H39N3O6S. The van der Waals surface area contributed by atoms with Crippen molar-refractivity contribution in [1.82, 2.24) is 14.1 Å². The highest BCUT2D eigenvalue weighted by Gasteiger charge is 2.30. The van der Waals surface area contributed by atoms with Crippen molar-refractivity contribution in [3.8, 4) is 5.75 Å². The number of carbonyl (C=O) groups excluding carboxylic acids is 2. The van der Waals surface area contributed by atoms with Crippen molar-refractivity contribution in [1.29, 1.82) is 0 Å². The molecule has 1 heterocycles. The normalized spacial score (nSPS) is 16.6. The molecule has 34 heavy (non-hydrogen) atoms. The molecule has 0 saturated carbocycles. The third-order valence-corrected chi connectivity index (χ3v) is 8.32. The van der Waals surface area contributed by atoms with Gasteiger partial charge in [-0.1, -0.05) is 20.8 Å². The first kappa shape index (κ1) is 28.1. The summed E-state index contributed by atoms with van der Waals surface area (Å²) in [6.07, 6.45) is 2.12. The van der Waals surface area contributed by atoms with E-state index in [0.717, 1.165) is 25.9 Å². The van der Waals surface area contributed by atoms with E-state index in [0.29, 0.717) is 19.6 Å². The number of likely N-dealkylation sites (N-methyl/N-ethyl adjacent to an activating group) is 1. The molecule has 1 unspecified atom stereocenters. The van der Waals surface area contributed by atoms with Crippen LogP contribution in [0.25, 0.3) is 0 Å². The zero-order chi connectivity index (χ0) is 25.3. The van der Waals surface area contributed by atoms with Crippen LogP contribution < -0.4 is 4.74 Å². The second-order valence-electron chi connectivity index (χ2n) is 8.19. The maximum absolute atomic E-state index is 13.6. The van der Waals surface area contributed by atoms with Crippen molar-refractivity contribution in [3.05, 3.63) is 23.8 Å². The molecule has 1 atom stereocenters. The fourth-order valence-electron chi connectivity index (χ4n) is 4.40. The Morgan fingerprint density at radius 2 is 1.85 bits per heavy atom. The average molecular weight is 498 g/mol. The molecule has 0 spiro atoms. The first-order valence-corrected chi connectivity index (χ1v) is 13.5. The van der Waals surface area contributed by atoms with E-state index < -0.39 is 10.0 Å². The summed E-state index contributed by atoms with van der Waals surface area (Å²) >= 11 is 0. The van der Waals surface area contributed by atoms with E-state index in [9.17, 15) is 18.0 Å². The van der Waals surface area contributed by atoms with E-state index in [1.54, 1.807) is 31.7 Å². The van der Waals surface area contributed by atoms with Gasteiger partial charge in [0.25, 0.3) is 5.91 Å². The predicted molar refractivity (Wildman–Crippen MR) is 131 cm³/mol. The summed E-state index contributed by atoms with van der Waals surface area (Å²) in [6, 6.07) is 4.68. The number of amides is 1. The lowest BCUT2D eigenvalue weighted by Crippen LogP contribution is -2.44. The fraction of sp³-hybridized carbons (Fsp3) is 0.667. The van der Waals surface area contributed by atoms with Crippen LogP contribution in [0.4, 0.5) is 0 Å². The summed E-state index contributed by atoms with van der Waals surface area (Å²) in [7, 11) is -2.43. The third-order valence-electron chi connectivity index (χ3n) is 6.25. The number of esters is 1. The minimum Gasteiger partial charge on any atom is -0.495 e. The summed E-state index contributed by atoms with van der Waals surface area (Å²) in [6.45, 7) is 10.8. The van der Waals surface area contributed by atoms with Gasteiger partial charge in [-0.2, -0.15) is 4.31 Å². The van der Waals surface area contributed by atoms with Crippen LogP contribution in [-0.4, -0.2) is 93.4 Å². The van der Waals surface area contributed by atoms with Gasteiger partial charge in [0.2, 0.25) is 10.0 Å². The van der Waals surface area contributed by atoms with E-state index in [1.807, 2.05) is 0 Å². The SMILES string of the molecule is CCOC(=O)CCN(CC1CCCN1CC)C(=O)c1ccc(OC)c(S(=O)(=O)N(CC)CC)c1. The molecule has 2 rings (SSSR count). The third kappa shape index (κ3) is 6.70. The lowest BCUT2D eigenvalue weighted by atomic mass is 10.1. The van der Waals surface area contributed by atoms with Crippen LogP contribution in [-0.2, 0) is 19.6 Å². The first-order chi connectivity index (χ1) is 16.2. The van der Waals surface area contributed by atoms with Gasteiger partial charge in [-0.3, -0.25) is 14.5 Å². The van der Waals surface area contributed by atoms with E-state index >= 15 is 0 Å². The highest BCUT2D eigenvalue weighted by molar-refractivity contribution is 7.89. The number of hydrogen-bond donors (Lipinski definition) is 0. The van der Waals surface area contributed by atoms with Crippen molar-refractivity contribution in [2.24, 2.45) is 0 Å². The Morgan fingerprint density at radius 3 is 2.44 bits per heavy atom. The van der Waals surface area contributed by atoms with Crippen LogP contribution in [0.15, 0.2) is 23.1 Å². The smallest absolute Gasteiger partial charge is 0.307 e. The topological polar surface area (TPSA) is 96.5 Å². The molecule has 9 nitrogen and oxygen atoms in total. The lowest BCUT2D eigenvalue weighted by molar-refractivity contribution is -0.143. The highest BCUT2D eigenvalue weighted by Crippen LogP contribution is 2.29. The molecule has 1 fully saturated rings. The fourth-order valence-corrected chi connectivity index (χ4v) is 6.04. The Morgan fingerprint density at radius 1 is 1.15 bits per heavy atom. The number of carbonyl (C=O) groups is 2. The van der Waals surface area contributed by atoms with Gasteiger partial charge in [0, 0.05) is 37.8 Å². The number of likely N-dealkylation sites (tertiary alicyclic amines) is 1. The number of sulfonamides is 1. The van der Waals surface area contributed by atoms with E-state index in [1.165, 1.54) is 23.5 Å². The molecule has 0 bridgehead atoms. The lowest BCUT2D eigenvalue weighted by Gasteiger charge is -2.30. The second-order valence-corrected chi connectivity index (χ2v) is 10.1. The molecule has 192 valence electrons. The molecule has 1 aromatic carbocycles. The van der Waals surface area contributed by atoms with Gasteiger partial charge < -0.3 is 14.4 Å². The molecule has 0 N–H and O–H groups in total. The van der Waals surface area contributed by atoms with Crippen LogP contribution in [0.3, 0.4) is 0 Å². The molecule has 1 saturated heterocycles. The monoisotopic (exact) mass is 497 g/mol. The average Bonchev–Trinajstić information content (AvgIpc) is 3.28. The zero-order valence-electron chi connectivity index (χ0n) is 21.1. The summed E-state index contributed by atoms with van der Waals surface area (Å²) in [4.78, 5) is 29.5. The number of benzene rings is 1. The number of methoxy groups -OCH3 is 1. The van der Waals surface area contributed by atoms with Gasteiger partial charge in [-0.25, -0.2) is 8.42 Å². The van der Waals surface area contributed by atoms with Crippen molar-refractivity contribution < 1.29 is 27.5 Å². The largest absolute Gasteiger partial charge is 0.495 e. The Kier molecular flexibility index (Phi) is 10.8. The quantitative estimate of drug-likeness (QED) is 0.387. The molecule has 0 aliphatic carbocycles.